The van der Waals surface area contributed by atoms with Gasteiger partial charge in [0, 0.05) is 9.78 Å². The molecule has 11 nitrogen and oxygen atoms in total. The summed E-state index contributed by atoms with van der Waals surface area (Å²) < 4.78 is 7.16. The fourth-order valence-electron chi connectivity index (χ4n) is 5.41. The van der Waals surface area contributed by atoms with Crippen LogP contribution in [0.25, 0.3) is 0 Å². The standard InChI is InChI=1S/C32H29ClN6O5S3/c1-16-17(2)45-32(35-16)46-21-15-14-20-22(36-28(40)24(38-43-3)23-27(33)47-31(34)37-23)29(41)39(20)25(21)30(42)44-26(18-10-6-4-7-11-18)19-12-8-5-9-13-19/h4-13,20,22,26H,14-15H2,1-3H3,(H2,34,37)(H,36,40)/t20-,22+/m1/s1. The van der Waals surface area contributed by atoms with Gasteiger partial charge in [-0.15, -0.1) is 11.3 Å². The van der Waals surface area contributed by atoms with Crippen LogP contribution in [0.5, 0.6) is 0 Å². The number of nitrogens with two attached hydrogens (primary N) is 1. The maximum Gasteiger partial charge on any atom is 0.356 e. The smallest absolute Gasteiger partial charge is 0.356 e. The Morgan fingerprint density at radius 3 is 2.30 bits per heavy atom. The van der Waals surface area contributed by atoms with E-state index < -0.39 is 36.0 Å². The number of carbonyl (C=O) groups is 3. The second-order valence-corrected chi connectivity index (χ2v) is 14.8. The van der Waals surface area contributed by atoms with Crippen LogP contribution < -0.4 is 11.1 Å². The molecule has 0 unspecified atom stereocenters. The van der Waals surface area contributed by atoms with Crippen LogP contribution in [0.15, 0.2) is 80.8 Å². The third-order valence-electron chi connectivity index (χ3n) is 7.75. The molecule has 6 rings (SSSR count). The molecule has 47 heavy (non-hydrogen) atoms. The monoisotopic (exact) mass is 708 g/mol. The molecule has 242 valence electrons. The summed E-state index contributed by atoms with van der Waals surface area (Å²) in [6.45, 7) is 3.92. The van der Waals surface area contributed by atoms with Crippen molar-refractivity contribution in [1.82, 2.24) is 20.2 Å². The largest absolute Gasteiger partial charge is 0.448 e. The van der Waals surface area contributed by atoms with Crippen molar-refractivity contribution < 1.29 is 24.0 Å². The fraction of sp³-hybridized carbons (Fsp3) is 0.250. The maximum atomic E-state index is 14.2. The van der Waals surface area contributed by atoms with Gasteiger partial charge in [0.05, 0.1) is 11.7 Å². The lowest BCUT2D eigenvalue weighted by Gasteiger charge is -2.50. The molecule has 4 aromatic rings. The number of oxime groups is 1. The molecule has 2 amide bonds. The second kappa shape index (κ2) is 13.9. The van der Waals surface area contributed by atoms with Crippen LogP contribution >= 0.6 is 46.0 Å². The van der Waals surface area contributed by atoms with E-state index in [9.17, 15) is 14.4 Å². The molecule has 1 fully saturated rings. The first-order chi connectivity index (χ1) is 22.7. The maximum absolute atomic E-state index is 14.2. The Balaban J connectivity index is 1.31. The molecule has 0 aliphatic carbocycles. The van der Waals surface area contributed by atoms with Crippen LogP contribution in [0.3, 0.4) is 0 Å². The second-order valence-electron chi connectivity index (χ2n) is 10.7. The predicted molar refractivity (Wildman–Crippen MR) is 182 cm³/mol. The van der Waals surface area contributed by atoms with E-state index in [0.29, 0.717) is 17.7 Å². The minimum Gasteiger partial charge on any atom is -0.448 e. The van der Waals surface area contributed by atoms with Gasteiger partial charge >= 0.3 is 5.97 Å². The summed E-state index contributed by atoms with van der Waals surface area (Å²) in [5.74, 6) is -1.83. The van der Waals surface area contributed by atoms with Crippen molar-refractivity contribution in [3.63, 3.8) is 0 Å². The highest BCUT2D eigenvalue weighted by Crippen LogP contribution is 2.45. The molecular weight excluding hydrogens is 680 g/mol. The van der Waals surface area contributed by atoms with Crippen LogP contribution in [0.1, 0.15) is 46.3 Å². The number of amides is 2. The van der Waals surface area contributed by atoms with Crippen molar-refractivity contribution >= 4 is 74.7 Å². The van der Waals surface area contributed by atoms with Gasteiger partial charge in [0.15, 0.2) is 21.3 Å². The van der Waals surface area contributed by atoms with Crippen molar-refractivity contribution in [2.45, 2.75) is 49.2 Å². The van der Waals surface area contributed by atoms with Gasteiger partial charge in [-0.3, -0.25) is 14.5 Å². The lowest BCUT2D eigenvalue weighted by molar-refractivity contribution is -0.158. The zero-order valence-electron chi connectivity index (χ0n) is 25.4. The summed E-state index contributed by atoms with van der Waals surface area (Å²) in [6.07, 6.45) is 0.229. The van der Waals surface area contributed by atoms with Gasteiger partial charge in [-0.1, -0.05) is 101 Å². The van der Waals surface area contributed by atoms with Gasteiger partial charge in [0.25, 0.3) is 11.8 Å². The molecule has 4 heterocycles. The highest BCUT2D eigenvalue weighted by molar-refractivity contribution is 8.04. The molecule has 0 radical (unpaired) electrons. The fourth-order valence-corrected chi connectivity index (χ4v) is 8.71. The topological polar surface area (TPSA) is 149 Å². The number of carbonyl (C=O) groups excluding carboxylic acids is 3. The number of nitrogens with one attached hydrogen (secondary N) is 1. The zero-order chi connectivity index (χ0) is 33.2. The number of aryl methyl sites for hydroxylation is 2. The zero-order valence-corrected chi connectivity index (χ0v) is 28.6. The number of rotatable bonds is 10. The summed E-state index contributed by atoms with van der Waals surface area (Å²) in [5, 5.41) is 6.69. The number of ether oxygens (including phenoxy) is 1. The summed E-state index contributed by atoms with van der Waals surface area (Å²) >= 11 is 10.1. The van der Waals surface area contributed by atoms with E-state index in [4.69, 9.17) is 26.9 Å². The third-order valence-corrected chi connectivity index (χ3v) is 11.1. The Morgan fingerprint density at radius 1 is 1.09 bits per heavy atom. The van der Waals surface area contributed by atoms with E-state index >= 15 is 0 Å². The number of esters is 1. The molecule has 2 aliphatic heterocycles. The van der Waals surface area contributed by atoms with E-state index in [1.54, 1.807) is 0 Å². The van der Waals surface area contributed by atoms with E-state index in [1.165, 1.54) is 35.1 Å². The molecular formula is C32H29ClN6O5S3. The number of thiazole rings is 2. The van der Waals surface area contributed by atoms with Crippen LogP contribution in [0, 0.1) is 13.8 Å². The minimum atomic E-state index is -0.933. The number of thioether (sulfide) groups is 1. The van der Waals surface area contributed by atoms with Gasteiger partial charge in [0.2, 0.25) is 0 Å². The molecule has 15 heteroatoms. The predicted octanol–water partition coefficient (Wildman–Crippen LogP) is 5.63. The van der Waals surface area contributed by atoms with Crippen molar-refractivity contribution in [2.75, 3.05) is 12.8 Å². The van der Waals surface area contributed by atoms with Crippen LogP contribution in [-0.2, 0) is 24.0 Å². The van der Waals surface area contributed by atoms with Gasteiger partial charge in [0.1, 0.15) is 28.9 Å². The number of aromatic nitrogens is 2. The number of halogens is 1. The molecule has 2 atom stereocenters. The Labute approximate surface area is 287 Å². The number of hydrogen-bond acceptors (Lipinski definition) is 12. The molecule has 2 aliphatic rings. The quantitative estimate of drug-likeness (QED) is 0.0926. The Kier molecular flexibility index (Phi) is 9.64. The van der Waals surface area contributed by atoms with Gasteiger partial charge < -0.3 is 20.6 Å². The number of benzene rings is 2. The molecule has 0 spiro atoms. The first kappa shape index (κ1) is 32.7. The van der Waals surface area contributed by atoms with Crippen LogP contribution in [0.4, 0.5) is 5.13 Å². The number of β-lactam (4-membered cyclic amide) rings is 1. The van der Waals surface area contributed by atoms with E-state index in [1.807, 2.05) is 74.5 Å². The third kappa shape index (κ3) is 6.63. The molecule has 0 bridgehead atoms. The van der Waals surface area contributed by atoms with Gasteiger partial charge in [-0.05, 0) is 37.8 Å². The van der Waals surface area contributed by atoms with Gasteiger partial charge in [-0.25, -0.2) is 14.8 Å². The lowest BCUT2D eigenvalue weighted by Crippen LogP contribution is -2.72. The van der Waals surface area contributed by atoms with Crippen molar-refractivity contribution in [3.8, 4) is 0 Å². The van der Waals surface area contributed by atoms with E-state index in [0.717, 1.165) is 37.4 Å². The van der Waals surface area contributed by atoms with E-state index in [-0.39, 0.29) is 26.6 Å². The lowest BCUT2D eigenvalue weighted by atomic mass is 9.86. The first-order valence-corrected chi connectivity index (χ1v) is 17.3. The van der Waals surface area contributed by atoms with Gasteiger partial charge in [-0.2, -0.15) is 0 Å². The van der Waals surface area contributed by atoms with Crippen molar-refractivity contribution in [2.24, 2.45) is 5.16 Å². The van der Waals surface area contributed by atoms with Crippen LogP contribution in [0.2, 0.25) is 4.34 Å². The van der Waals surface area contributed by atoms with Crippen molar-refractivity contribution in [3.05, 3.63) is 103 Å². The van der Waals surface area contributed by atoms with Crippen LogP contribution in [-0.4, -0.2) is 57.6 Å². The molecule has 2 aromatic heterocycles. The van der Waals surface area contributed by atoms with Crippen molar-refractivity contribution in [1.29, 1.82) is 0 Å². The Bertz CT molecular complexity index is 1840. The molecule has 1 saturated heterocycles. The Hall–Kier alpha value is -4.24. The molecule has 0 saturated carbocycles. The highest BCUT2D eigenvalue weighted by Gasteiger charge is 2.54. The molecule has 2 aromatic carbocycles. The summed E-state index contributed by atoms with van der Waals surface area (Å²) in [7, 11) is 1.28. The number of hydrogen-bond donors (Lipinski definition) is 2. The number of anilines is 1. The SMILES string of the molecule is CON=C(C(=O)N[C@@H]1C(=O)N2C(C(=O)OC(c3ccccc3)c3ccccc3)=C(Sc3nc(C)c(C)s3)CC[C@H]12)c1nc(N)sc1Cl. The normalized spacial score (nSPS) is 17.8. The van der Waals surface area contributed by atoms with E-state index in [2.05, 4.69) is 20.4 Å². The minimum absolute atomic E-state index is 0.0468. The number of fused-ring (bicyclic) bond motifs is 1. The summed E-state index contributed by atoms with van der Waals surface area (Å²) in [6, 6.07) is 17.4. The number of nitrogen functional groups attached to an aromatic ring is 1. The average Bonchev–Trinajstić information content (AvgIpc) is 3.58. The molecule has 3 N–H and O–H groups in total. The number of allylic oxidation sites excluding steroid dienone is 1. The first-order valence-electron chi connectivity index (χ1n) is 14.5. The summed E-state index contributed by atoms with van der Waals surface area (Å²) in [5.41, 5.74) is 8.21. The average molecular weight is 709 g/mol. The highest BCUT2D eigenvalue weighted by atomic mass is 35.5. The Morgan fingerprint density at radius 2 is 1.74 bits per heavy atom. The summed E-state index contributed by atoms with van der Waals surface area (Å²) in [4.78, 5) is 58.3. The number of nitrogens with zero attached hydrogens (tertiary/aromatic N) is 4.